The van der Waals surface area contributed by atoms with Crippen LogP contribution in [0, 0.1) is 6.92 Å². The molecule has 0 aliphatic carbocycles. The van der Waals surface area contributed by atoms with Crippen LogP contribution in [0.25, 0.3) is 0 Å². The van der Waals surface area contributed by atoms with E-state index in [0.29, 0.717) is 0 Å². The molecular formula is C12H18BF4NO. The summed E-state index contributed by atoms with van der Waals surface area (Å²) >= 11 is 0. The van der Waals surface area contributed by atoms with Gasteiger partial charge in [0.25, 0.3) is 0 Å². The molecule has 0 aromatic heterocycles. The van der Waals surface area contributed by atoms with Gasteiger partial charge in [0.15, 0.2) is 0 Å². The second kappa shape index (κ2) is 5.92. The predicted molar refractivity (Wildman–Crippen MR) is 67.0 cm³/mol. The summed E-state index contributed by atoms with van der Waals surface area (Å²) < 4.78 is 45.7. The highest BCUT2D eigenvalue weighted by Crippen LogP contribution is 2.30. The quantitative estimate of drug-likeness (QED) is 0.435. The van der Waals surface area contributed by atoms with Crippen molar-refractivity contribution < 1.29 is 26.5 Å². The highest BCUT2D eigenvalue weighted by Gasteiger charge is 2.36. The Hall–Kier alpha value is -1.08. The molecule has 1 fully saturated rings. The fourth-order valence-corrected chi connectivity index (χ4v) is 1.95. The molecule has 0 bridgehead atoms. The fourth-order valence-electron chi connectivity index (χ4n) is 1.95. The zero-order valence-corrected chi connectivity index (χ0v) is 11.2. The van der Waals surface area contributed by atoms with Gasteiger partial charge >= 0.3 is 7.25 Å². The SMILES string of the molecule is Cc1ccc(C2OCC[N+]2(C)C)cc1.F[B-](F)(F)F. The van der Waals surface area contributed by atoms with Crippen LogP contribution in [0.5, 0.6) is 0 Å². The van der Waals surface area contributed by atoms with E-state index in [4.69, 9.17) is 4.74 Å². The maximum Gasteiger partial charge on any atom is 0.673 e. The Kier molecular flexibility index (Phi) is 4.98. The summed E-state index contributed by atoms with van der Waals surface area (Å²) in [5, 5.41) is 0. The van der Waals surface area contributed by atoms with E-state index >= 15 is 0 Å². The third kappa shape index (κ3) is 5.61. The van der Waals surface area contributed by atoms with E-state index in [0.717, 1.165) is 17.6 Å². The molecule has 1 saturated heterocycles. The smallest absolute Gasteiger partial charge is 0.418 e. The van der Waals surface area contributed by atoms with Crippen LogP contribution in [0.15, 0.2) is 24.3 Å². The third-order valence-corrected chi connectivity index (χ3v) is 2.94. The van der Waals surface area contributed by atoms with Gasteiger partial charge in [-0.05, 0) is 6.92 Å². The molecule has 1 aliphatic rings. The zero-order valence-electron chi connectivity index (χ0n) is 11.2. The number of benzene rings is 1. The lowest BCUT2D eigenvalue weighted by Crippen LogP contribution is -2.38. The van der Waals surface area contributed by atoms with E-state index in [1.165, 1.54) is 11.1 Å². The lowest BCUT2D eigenvalue weighted by molar-refractivity contribution is -0.920. The molecule has 108 valence electrons. The van der Waals surface area contributed by atoms with Crippen molar-refractivity contribution >= 4 is 7.25 Å². The minimum absolute atomic E-state index is 0.218. The highest BCUT2D eigenvalue weighted by atomic mass is 19.5. The van der Waals surface area contributed by atoms with Crippen molar-refractivity contribution in [1.82, 2.24) is 0 Å². The number of hydrogen-bond donors (Lipinski definition) is 0. The van der Waals surface area contributed by atoms with E-state index in [9.17, 15) is 17.3 Å². The lowest BCUT2D eigenvalue weighted by Gasteiger charge is -2.29. The van der Waals surface area contributed by atoms with Crippen LogP contribution < -0.4 is 0 Å². The molecule has 1 aliphatic heterocycles. The first-order valence-electron chi connectivity index (χ1n) is 5.98. The van der Waals surface area contributed by atoms with Gasteiger partial charge < -0.3 is 22.0 Å². The Bertz CT molecular complexity index is 399. The summed E-state index contributed by atoms with van der Waals surface area (Å²) in [5.74, 6) is 0. The fraction of sp³-hybridized carbons (Fsp3) is 0.500. The van der Waals surface area contributed by atoms with Gasteiger partial charge in [0.05, 0.1) is 14.1 Å². The molecule has 2 rings (SSSR count). The minimum atomic E-state index is -6.00. The summed E-state index contributed by atoms with van der Waals surface area (Å²) in [6.07, 6.45) is 0.218. The molecule has 19 heavy (non-hydrogen) atoms. The van der Waals surface area contributed by atoms with Gasteiger partial charge in [-0.25, -0.2) is 0 Å². The molecule has 1 atom stereocenters. The first-order valence-corrected chi connectivity index (χ1v) is 5.98. The van der Waals surface area contributed by atoms with Crippen molar-refractivity contribution in [2.75, 3.05) is 27.2 Å². The van der Waals surface area contributed by atoms with E-state index in [2.05, 4.69) is 45.3 Å². The van der Waals surface area contributed by atoms with Crippen LogP contribution in [0.1, 0.15) is 17.4 Å². The van der Waals surface area contributed by atoms with Crippen molar-refractivity contribution in [3.05, 3.63) is 35.4 Å². The number of rotatable bonds is 1. The summed E-state index contributed by atoms with van der Waals surface area (Å²) in [6, 6.07) is 8.64. The number of halogens is 4. The molecule has 2 nitrogen and oxygen atoms in total. The van der Waals surface area contributed by atoms with Crippen molar-refractivity contribution in [3.8, 4) is 0 Å². The van der Waals surface area contributed by atoms with Crippen LogP contribution in [-0.4, -0.2) is 39.0 Å². The summed E-state index contributed by atoms with van der Waals surface area (Å²) in [5.41, 5.74) is 2.59. The molecule has 0 saturated carbocycles. The molecule has 0 spiro atoms. The number of hydrogen-bond acceptors (Lipinski definition) is 1. The van der Waals surface area contributed by atoms with Gasteiger partial charge in [0.1, 0.15) is 13.2 Å². The van der Waals surface area contributed by atoms with Crippen LogP contribution in [0.3, 0.4) is 0 Å². The number of quaternary nitrogens is 1. The normalized spacial score (nSPS) is 21.7. The van der Waals surface area contributed by atoms with Gasteiger partial charge in [-0.15, -0.1) is 0 Å². The first kappa shape index (κ1) is 16.0. The molecule has 1 unspecified atom stereocenters. The predicted octanol–water partition coefficient (Wildman–Crippen LogP) is 3.40. The van der Waals surface area contributed by atoms with E-state index in [1.54, 1.807) is 0 Å². The second-order valence-corrected chi connectivity index (χ2v) is 5.13. The maximum atomic E-state index is 9.75. The highest BCUT2D eigenvalue weighted by molar-refractivity contribution is 6.50. The molecular weight excluding hydrogens is 261 g/mol. The average molecular weight is 279 g/mol. The Morgan fingerprint density at radius 3 is 1.95 bits per heavy atom. The van der Waals surface area contributed by atoms with Crippen LogP contribution in [0.2, 0.25) is 0 Å². The monoisotopic (exact) mass is 279 g/mol. The average Bonchev–Trinajstić information content (AvgIpc) is 2.57. The summed E-state index contributed by atoms with van der Waals surface area (Å²) in [4.78, 5) is 0. The molecule has 7 heteroatoms. The van der Waals surface area contributed by atoms with Gasteiger partial charge in [0, 0.05) is 5.56 Å². The van der Waals surface area contributed by atoms with E-state index in [1.807, 2.05) is 0 Å². The Morgan fingerprint density at radius 1 is 1.11 bits per heavy atom. The Morgan fingerprint density at radius 2 is 1.58 bits per heavy atom. The molecule has 0 amide bonds. The topological polar surface area (TPSA) is 9.23 Å². The Balaban J connectivity index is 0.000000312. The third-order valence-electron chi connectivity index (χ3n) is 2.94. The van der Waals surface area contributed by atoms with Gasteiger partial charge in [-0.3, -0.25) is 4.48 Å². The van der Waals surface area contributed by atoms with Crippen molar-refractivity contribution in [2.24, 2.45) is 0 Å². The summed E-state index contributed by atoms with van der Waals surface area (Å²) in [7, 11) is -1.56. The lowest BCUT2D eigenvalue weighted by atomic mass is 10.1. The standard InChI is InChI=1S/C12H18NO.BF4/c1-10-4-6-11(7-5-10)12-13(2,3)8-9-14-12;2-1(3,4)5/h4-7,12H,8-9H2,1-3H3;/q+1;-1. The summed E-state index contributed by atoms with van der Waals surface area (Å²) in [6.45, 7) is 4.07. The molecule has 1 aromatic carbocycles. The molecule has 0 radical (unpaired) electrons. The van der Waals surface area contributed by atoms with Gasteiger partial charge in [0.2, 0.25) is 6.23 Å². The van der Waals surface area contributed by atoms with Crippen LogP contribution >= 0.6 is 0 Å². The molecule has 0 N–H and O–H groups in total. The number of aryl methyl sites for hydroxylation is 1. The number of likely N-dealkylation sites (N-methyl/N-ethyl adjacent to an activating group) is 1. The first-order chi connectivity index (χ1) is 8.59. The largest absolute Gasteiger partial charge is 0.673 e. The van der Waals surface area contributed by atoms with Gasteiger partial charge in [-0.2, -0.15) is 0 Å². The minimum Gasteiger partial charge on any atom is -0.418 e. The van der Waals surface area contributed by atoms with Crippen LogP contribution in [-0.2, 0) is 4.74 Å². The zero-order chi connectivity index (χ0) is 14.7. The molecule has 1 heterocycles. The van der Waals surface area contributed by atoms with Gasteiger partial charge in [-0.1, -0.05) is 29.8 Å². The van der Waals surface area contributed by atoms with Crippen molar-refractivity contribution in [2.45, 2.75) is 13.2 Å². The van der Waals surface area contributed by atoms with Crippen molar-refractivity contribution in [1.29, 1.82) is 0 Å². The van der Waals surface area contributed by atoms with Crippen molar-refractivity contribution in [3.63, 3.8) is 0 Å². The number of nitrogens with zero attached hydrogens (tertiary/aromatic N) is 1. The second-order valence-electron chi connectivity index (χ2n) is 5.13. The van der Waals surface area contributed by atoms with E-state index in [-0.39, 0.29) is 6.23 Å². The van der Waals surface area contributed by atoms with Crippen LogP contribution in [0.4, 0.5) is 17.3 Å². The maximum absolute atomic E-state index is 9.75. The number of ether oxygens (including phenoxy) is 1. The molecule has 1 aromatic rings. The Labute approximate surface area is 110 Å². The van der Waals surface area contributed by atoms with E-state index < -0.39 is 7.25 Å².